The van der Waals surface area contributed by atoms with Gasteiger partial charge >= 0.3 is 0 Å². The van der Waals surface area contributed by atoms with E-state index >= 15 is 0 Å². The van der Waals surface area contributed by atoms with Crippen LogP contribution in [0, 0.1) is 0 Å². The zero-order valence-electron chi connectivity index (χ0n) is 15.3. The summed E-state index contributed by atoms with van der Waals surface area (Å²) in [6, 6.07) is 10.1. The Labute approximate surface area is 151 Å². The number of hydrogen-bond acceptors (Lipinski definition) is 6. The van der Waals surface area contributed by atoms with Gasteiger partial charge in [0.15, 0.2) is 0 Å². The SMILES string of the molecule is CCOCCOCCOCCOCCOCCOCc1ccccc1. The molecule has 1 aromatic rings. The molecule has 0 amide bonds. The van der Waals surface area contributed by atoms with Crippen LogP contribution in [0.4, 0.5) is 0 Å². The molecule has 0 saturated carbocycles. The Morgan fingerprint density at radius 1 is 0.520 bits per heavy atom. The number of hydrogen-bond donors (Lipinski definition) is 0. The van der Waals surface area contributed by atoms with Gasteiger partial charge in [-0.1, -0.05) is 30.3 Å². The van der Waals surface area contributed by atoms with Crippen molar-refractivity contribution < 1.29 is 28.4 Å². The summed E-state index contributed by atoms with van der Waals surface area (Å²) in [6.07, 6.45) is 0. The highest BCUT2D eigenvalue weighted by Crippen LogP contribution is 1.99. The fraction of sp³-hybridized carbons (Fsp3) is 0.684. The molecule has 0 N–H and O–H groups in total. The molecule has 0 aliphatic rings. The van der Waals surface area contributed by atoms with Crippen molar-refractivity contribution in [3.05, 3.63) is 35.9 Å². The highest BCUT2D eigenvalue weighted by molar-refractivity contribution is 5.13. The van der Waals surface area contributed by atoms with Crippen LogP contribution in [0.15, 0.2) is 30.3 Å². The van der Waals surface area contributed by atoms with Gasteiger partial charge in [0, 0.05) is 6.61 Å². The zero-order chi connectivity index (χ0) is 17.8. The molecular formula is C19H32O6. The molecule has 0 fully saturated rings. The van der Waals surface area contributed by atoms with Crippen LogP contribution < -0.4 is 0 Å². The van der Waals surface area contributed by atoms with E-state index in [4.69, 9.17) is 28.4 Å². The third kappa shape index (κ3) is 15.0. The summed E-state index contributed by atoms with van der Waals surface area (Å²) in [6.45, 7) is 9.13. The van der Waals surface area contributed by atoms with Crippen molar-refractivity contribution in [2.45, 2.75) is 13.5 Å². The lowest BCUT2D eigenvalue weighted by molar-refractivity contribution is -0.0172. The molecule has 6 heteroatoms. The average Bonchev–Trinajstić information content (AvgIpc) is 2.65. The number of benzene rings is 1. The van der Waals surface area contributed by atoms with E-state index in [1.54, 1.807) is 0 Å². The molecule has 144 valence electrons. The van der Waals surface area contributed by atoms with Gasteiger partial charge in [-0.3, -0.25) is 0 Å². The molecular weight excluding hydrogens is 324 g/mol. The summed E-state index contributed by atoms with van der Waals surface area (Å²) in [4.78, 5) is 0. The average molecular weight is 356 g/mol. The van der Waals surface area contributed by atoms with E-state index in [2.05, 4.69) is 0 Å². The smallest absolute Gasteiger partial charge is 0.0718 e. The van der Waals surface area contributed by atoms with Gasteiger partial charge in [-0.2, -0.15) is 0 Å². The minimum atomic E-state index is 0.562. The lowest BCUT2D eigenvalue weighted by Crippen LogP contribution is -2.14. The van der Waals surface area contributed by atoms with Gasteiger partial charge in [0.1, 0.15) is 0 Å². The van der Waals surface area contributed by atoms with Crippen molar-refractivity contribution in [2.24, 2.45) is 0 Å². The molecule has 0 saturated heterocycles. The molecule has 25 heavy (non-hydrogen) atoms. The summed E-state index contributed by atoms with van der Waals surface area (Å²) in [5, 5.41) is 0. The largest absolute Gasteiger partial charge is 0.379 e. The van der Waals surface area contributed by atoms with Crippen LogP contribution in [0.3, 0.4) is 0 Å². The molecule has 0 unspecified atom stereocenters. The Balaban J connectivity index is 1.69. The molecule has 0 heterocycles. The van der Waals surface area contributed by atoms with E-state index in [0.29, 0.717) is 72.7 Å². The fourth-order valence-electron chi connectivity index (χ4n) is 1.91. The quantitative estimate of drug-likeness (QED) is 0.376. The van der Waals surface area contributed by atoms with E-state index in [-0.39, 0.29) is 0 Å². The van der Waals surface area contributed by atoms with E-state index in [1.165, 1.54) is 5.56 Å². The molecule has 0 radical (unpaired) electrons. The lowest BCUT2D eigenvalue weighted by Gasteiger charge is -2.08. The summed E-state index contributed by atoms with van der Waals surface area (Å²) in [5.74, 6) is 0. The second kappa shape index (κ2) is 17.8. The Bertz CT molecular complexity index is 373. The first-order chi connectivity index (χ1) is 12.4. The summed E-state index contributed by atoms with van der Waals surface area (Å²) in [7, 11) is 0. The van der Waals surface area contributed by atoms with Crippen molar-refractivity contribution in [3.8, 4) is 0 Å². The second-order valence-electron chi connectivity index (χ2n) is 5.18. The van der Waals surface area contributed by atoms with Crippen molar-refractivity contribution in [1.29, 1.82) is 0 Å². The van der Waals surface area contributed by atoms with Gasteiger partial charge in [-0.05, 0) is 12.5 Å². The van der Waals surface area contributed by atoms with Crippen LogP contribution in [-0.4, -0.2) is 72.7 Å². The van der Waals surface area contributed by atoms with Gasteiger partial charge in [-0.25, -0.2) is 0 Å². The van der Waals surface area contributed by atoms with Crippen LogP contribution >= 0.6 is 0 Å². The second-order valence-corrected chi connectivity index (χ2v) is 5.18. The fourth-order valence-corrected chi connectivity index (χ4v) is 1.91. The molecule has 0 spiro atoms. The van der Waals surface area contributed by atoms with E-state index in [0.717, 1.165) is 6.61 Å². The van der Waals surface area contributed by atoms with Crippen LogP contribution in [-0.2, 0) is 35.0 Å². The number of ether oxygens (including phenoxy) is 6. The van der Waals surface area contributed by atoms with Crippen LogP contribution in [0.25, 0.3) is 0 Å². The van der Waals surface area contributed by atoms with E-state index in [1.807, 2.05) is 37.3 Å². The van der Waals surface area contributed by atoms with Crippen molar-refractivity contribution >= 4 is 0 Å². The minimum Gasteiger partial charge on any atom is -0.379 e. The van der Waals surface area contributed by atoms with Gasteiger partial charge in [0.25, 0.3) is 0 Å². The monoisotopic (exact) mass is 356 g/mol. The van der Waals surface area contributed by atoms with Crippen molar-refractivity contribution in [3.63, 3.8) is 0 Å². The highest BCUT2D eigenvalue weighted by atomic mass is 16.6. The lowest BCUT2D eigenvalue weighted by atomic mass is 10.2. The van der Waals surface area contributed by atoms with E-state index in [9.17, 15) is 0 Å². The van der Waals surface area contributed by atoms with Gasteiger partial charge < -0.3 is 28.4 Å². The van der Waals surface area contributed by atoms with Crippen molar-refractivity contribution in [1.82, 2.24) is 0 Å². The summed E-state index contributed by atoms with van der Waals surface area (Å²) < 4.78 is 32.3. The molecule has 0 aliphatic heterocycles. The van der Waals surface area contributed by atoms with E-state index < -0.39 is 0 Å². The Morgan fingerprint density at radius 3 is 1.36 bits per heavy atom. The molecule has 0 aromatic heterocycles. The standard InChI is InChI=1S/C19H32O6/c1-2-20-8-9-21-10-11-22-12-13-23-14-15-24-16-17-25-18-19-6-4-3-5-7-19/h3-7H,2,8-18H2,1H3. The molecule has 1 rings (SSSR count). The van der Waals surface area contributed by atoms with Gasteiger partial charge in [0.2, 0.25) is 0 Å². The molecule has 0 aliphatic carbocycles. The number of rotatable bonds is 18. The van der Waals surface area contributed by atoms with Crippen molar-refractivity contribution in [2.75, 3.05) is 72.7 Å². The van der Waals surface area contributed by atoms with Crippen LogP contribution in [0.2, 0.25) is 0 Å². The third-order valence-corrected chi connectivity index (χ3v) is 3.18. The third-order valence-electron chi connectivity index (χ3n) is 3.18. The maximum absolute atomic E-state index is 5.53. The maximum atomic E-state index is 5.53. The Hall–Kier alpha value is -1.02. The highest BCUT2D eigenvalue weighted by Gasteiger charge is 1.94. The van der Waals surface area contributed by atoms with Gasteiger partial charge in [-0.15, -0.1) is 0 Å². The topological polar surface area (TPSA) is 55.4 Å². The normalized spacial score (nSPS) is 11.1. The maximum Gasteiger partial charge on any atom is 0.0718 e. The van der Waals surface area contributed by atoms with Crippen LogP contribution in [0.1, 0.15) is 12.5 Å². The molecule has 1 aromatic carbocycles. The van der Waals surface area contributed by atoms with Crippen LogP contribution in [0.5, 0.6) is 0 Å². The summed E-state index contributed by atoms with van der Waals surface area (Å²) in [5.41, 5.74) is 1.17. The first-order valence-corrected chi connectivity index (χ1v) is 8.94. The predicted octanol–water partition coefficient (Wildman–Crippen LogP) is 2.31. The minimum absolute atomic E-state index is 0.562. The first-order valence-electron chi connectivity index (χ1n) is 8.94. The molecule has 6 nitrogen and oxygen atoms in total. The molecule has 0 atom stereocenters. The Morgan fingerprint density at radius 2 is 0.920 bits per heavy atom. The summed E-state index contributed by atoms with van der Waals surface area (Å²) >= 11 is 0. The Kier molecular flexibility index (Phi) is 15.7. The zero-order valence-corrected chi connectivity index (χ0v) is 15.3. The first kappa shape index (κ1) is 22.0. The van der Waals surface area contributed by atoms with Gasteiger partial charge in [0.05, 0.1) is 72.7 Å². The molecule has 0 bridgehead atoms. The predicted molar refractivity (Wildman–Crippen MR) is 95.9 cm³/mol.